The highest BCUT2D eigenvalue weighted by Crippen LogP contribution is 2.29. The first-order valence-electron chi connectivity index (χ1n) is 12.2. The molecule has 4 aromatic carbocycles. The summed E-state index contributed by atoms with van der Waals surface area (Å²) in [6, 6.07) is 29.5. The van der Waals surface area contributed by atoms with Crippen LogP contribution in [0.25, 0.3) is 0 Å². The molecule has 0 heterocycles. The van der Waals surface area contributed by atoms with Crippen molar-refractivity contribution in [1.82, 2.24) is 5.32 Å². The van der Waals surface area contributed by atoms with Gasteiger partial charge in [-0.05, 0) is 73.7 Å². The minimum absolute atomic E-state index is 0.144. The molecule has 1 N–H and O–H groups in total. The minimum atomic E-state index is -4.01. The molecule has 0 radical (unpaired) electrons. The summed E-state index contributed by atoms with van der Waals surface area (Å²) in [5, 5.41) is 3.11. The molecular formula is C31H32N2O3S. The Labute approximate surface area is 219 Å². The first-order chi connectivity index (χ1) is 17.7. The van der Waals surface area contributed by atoms with Crippen LogP contribution in [0.3, 0.4) is 0 Å². The number of benzene rings is 4. The Hall–Kier alpha value is -3.90. The number of hydrogen-bond acceptors (Lipinski definition) is 3. The van der Waals surface area contributed by atoms with Crippen molar-refractivity contribution in [2.45, 2.75) is 38.6 Å². The number of carbonyl (C=O) groups is 1. The van der Waals surface area contributed by atoms with Gasteiger partial charge >= 0.3 is 0 Å². The number of hydrogen-bond donors (Lipinski definition) is 1. The number of rotatable bonds is 8. The van der Waals surface area contributed by atoms with E-state index in [9.17, 15) is 13.2 Å². The molecule has 0 bridgehead atoms. The van der Waals surface area contributed by atoms with Crippen LogP contribution >= 0.6 is 0 Å². The molecule has 0 aromatic heterocycles. The van der Waals surface area contributed by atoms with E-state index in [2.05, 4.69) is 5.32 Å². The lowest BCUT2D eigenvalue weighted by Crippen LogP contribution is -2.42. The lowest BCUT2D eigenvalue weighted by Gasteiger charge is -2.28. The number of carbonyl (C=O) groups excluding carboxylic acids is 1. The second kappa shape index (κ2) is 11.0. The van der Waals surface area contributed by atoms with Gasteiger partial charge in [0, 0.05) is 0 Å². The van der Waals surface area contributed by atoms with Crippen LogP contribution in [0.5, 0.6) is 0 Å². The lowest BCUT2D eigenvalue weighted by atomic mass is 9.95. The molecule has 4 aromatic rings. The smallest absolute Gasteiger partial charge is 0.264 e. The van der Waals surface area contributed by atoms with Gasteiger partial charge in [-0.1, -0.05) is 84.4 Å². The van der Waals surface area contributed by atoms with E-state index < -0.39 is 22.0 Å². The van der Waals surface area contributed by atoms with E-state index in [0.717, 1.165) is 33.4 Å². The molecular weight excluding hydrogens is 480 g/mol. The van der Waals surface area contributed by atoms with E-state index in [-0.39, 0.29) is 11.4 Å². The predicted molar refractivity (Wildman–Crippen MR) is 149 cm³/mol. The molecule has 0 aliphatic heterocycles. The highest BCUT2D eigenvalue weighted by Gasteiger charge is 2.29. The van der Waals surface area contributed by atoms with Crippen molar-refractivity contribution in [3.63, 3.8) is 0 Å². The largest absolute Gasteiger partial charge is 0.344 e. The summed E-state index contributed by atoms with van der Waals surface area (Å²) in [4.78, 5) is 13.8. The van der Waals surface area contributed by atoms with E-state index in [4.69, 9.17) is 0 Å². The molecule has 6 heteroatoms. The Balaban J connectivity index is 1.73. The summed E-state index contributed by atoms with van der Waals surface area (Å²) in [5.41, 5.74) is 6.04. The van der Waals surface area contributed by atoms with E-state index >= 15 is 0 Å². The zero-order chi connectivity index (χ0) is 26.6. The Morgan fingerprint density at radius 1 is 0.757 bits per heavy atom. The van der Waals surface area contributed by atoms with Gasteiger partial charge in [-0.2, -0.15) is 0 Å². The van der Waals surface area contributed by atoms with Crippen LogP contribution in [0.15, 0.2) is 102 Å². The van der Waals surface area contributed by atoms with E-state index in [1.807, 2.05) is 100 Å². The molecule has 0 saturated heterocycles. The van der Waals surface area contributed by atoms with Crippen LogP contribution in [0.1, 0.15) is 39.4 Å². The average Bonchev–Trinajstić information content (AvgIpc) is 2.88. The normalized spacial score (nSPS) is 12.1. The van der Waals surface area contributed by atoms with Crippen LogP contribution in [-0.4, -0.2) is 20.9 Å². The number of nitrogens with zero attached hydrogens (tertiary/aromatic N) is 1. The van der Waals surface area contributed by atoms with Gasteiger partial charge in [0.1, 0.15) is 6.54 Å². The highest BCUT2D eigenvalue weighted by atomic mass is 32.2. The first-order valence-corrected chi connectivity index (χ1v) is 13.7. The Morgan fingerprint density at radius 2 is 1.38 bits per heavy atom. The van der Waals surface area contributed by atoms with Crippen molar-refractivity contribution in [3.8, 4) is 0 Å². The van der Waals surface area contributed by atoms with Crippen molar-refractivity contribution in [1.29, 1.82) is 0 Å². The molecule has 0 fully saturated rings. The maximum absolute atomic E-state index is 13.9. The molecule has 37 heavy (non-hydrogen) atoms. The summed E-state index contributed by atoms with van der Waals surface area (Å²) < 4.78 is 29.0. The number of aryl methyl sites for hydroxylation is 4. The van der Waals surface area contributed by atoms with Crippen molar-refractivity contribution in [2.75, 3.05) is 10.8 Å². The average molecular weight is 513 g/mol. The van der Waals surface area contributed by atoms with Gasteiger partial charge in [0.2, 0.25) is 5.91 Å². The third-order valence-electron chi connectivity index (χ3n) is 6.47. The Morgan fingerprint density at radius 3 is 2.05 bits per heavy atom. The molecule has 0 saturated carbocycles. The summed E-state index contributed by atoms with van der Waals surface area (Å²) in [6.45, 7) is 7.31. The van der Waals surface area contributed by atoms with Crippen LogP contribution in [-0.2, 0) is 14.8 Å². The monoisotopic (exact) mass is 512 g/mol. The quantitative estimate of drug-likeness (QED) is 0.314. The molecule has 0 aliphatic carbocycles. The molecule has 190 valence electrons. The van der Waals surface area contributed by atoms with E-state index in [1.165, 1.54) is 4.31 Å². The maximum atomic E-state index is 13.9. The molecule has 0 spiro atoms. The van der Waals surface area contributed by atoms with Crippen molar-refractivity contribution < 1.29 is 13.2 Å². The van der Waals surface area contributed by atoms with Crippen LogP contribution < -0.4 is 9.62 Å². The second-order valence-corrected chi connectivity index (χ2v) is 11.2. The molecule has 0 aliphatic rings. The van der Waals surface area contributed by atoms with E-state index in [0.29, 0.717) is 5.69 Å². The Kier molecular flexibility index (Phi) is 7.79. The van der Waals surface area contributed by atoms with E-state index in [1.54, 1.807) is 24.3 Å². The number of nitrogens with one attached hydrogen (secondary N) is 1. The number of anilines is 1. The molecule has 4 rings (SSSR count). The molecule has 5 nitrogen and oxygen atoms in total. The van der Waals surface area contributed by atoms with Crippen LogP contribution in [0.4, 0.5) is 5.69 Å². The van der Waals surface area contributed by atoms with Gasteiger partial charge in [0.25, 0.3) is 10.0 Å². The van der Waals surface area contributed by atoms with Gasteiger partial charge in [-0.15, -0.1) is 0 Å². The zero-order valence-electron chi connectivity index (χ0n) is 21.6. The summed E-state index contributed by atoms with van der Waals surface area (Å²) in [6.07, 6.45) is 0. The van der Waals surface area contributed by atoms with Crippen molar-refractivity contribution in [2.24, 2.45) is 0 Å². The molecule has 1 atom stereocenters. The zero-order valence-corrected chi connectivity index (χ0v) is 22.4. The second-order valence-electron chi connectivity index (χ2n) is 9.38. The van der Waals surface area contributed by atoms with Gasteiger partial charge in [-0.3, -0.25) is 9.10 Å². The predicted octanol–water partition coefficient (Wildman–Crippen LogP) is 6.02. The van der Waals surface area contributed by atoms with Gasteiger partial charge in [-0.25, -0.2) is 8.42 Å². The summed E-state index contributed by atoms with van der Waals surface area (Å²) >= 11 is 0. The fourth-order valence-electron chi connectivity index (χ4n) is 4.36. The minimum Gasteiger partial charge on any atom is -0.344 e. The molecule has 0 unspecified atom stereocenters. The first kappa shape index (κ1) is 26.2. The van der Waals surface area contributed by atoms with Crippen molar-refractivity contribution >= 4 is 21.6 Å². The lowest BCUT2D eigenvalue weighted by molar-refractivity contribution is -0.120. The Bertz CT molecular complexity index is 1500. The third kappa shape index (κ3) is 5.92. The van der Waals surface area contributed by atoms with Crippen LogP contribution in [0, 0.1) is 27.7 Å². The number of sulfonamides is 1. The number of amides is 1. The highest BCUT2D eigenvalue weighted by molar-refractivity contribution is 7.92. The van der Waals surface area contributed by atoms with Crippen molar-refractivity contribution in [3.05, 3.63) is 130 Å². The standard InChI is InChI=1S/C31H32N2O3S/c1-22-15-18-27(19-16-22)37(35,36)33(29-20-23(2)14-17-25(29)4)21-30(34)32-31(26-11-6-5-7-12-26)28-13-9-8-10-24(28)3/h5-20,31H,21H2,1-4H3,(H,32,34)/t31-/m1/s1. The SMILES string of the molecule is Cc1ccc(S(=O)(=O)N(CC(=O)N[C@H](c2ccccc2)c2ccccc2C)c2cc(C)ccc2C)cc1. The fourth-order valence-corrected chi connectivity index (χ4v) is 5.84. The van der Waals surface area contributed by atoms with Gasteiger partial charge < -0.3 is 5.32 Å². The van der Waals surface area contributed by atoms with Crippen LogP contribution in [0.2, 0.25) is 0 Å². The topological polar surface area (TPSA) is 66.5 Å². The maximum Gasteiger partial charge on any atom is 0.264 e. The van der Waals surface area contributed by atoms with Gasteiger partial charge in [0.15, 0.2) is 0 Å². The molecule has 1 amide bonds. The summed E-state index contributed by atoms with van der Waals surface area (Å²) in [7, 11) is -4.01. The third-order valence-corrected chi connectivity index (χ3v) is 8.24. The fraction of sp³-hybridized carbons (Fsp3) is 0.194. The van der Waals surface area contributed by atoms with Gasteiger partial charge in [0.05, 0.1) is 16.6 Å². The summed E-state index contributed by atoms with van der Waals surface area (Å²) in [5.74, 6) is -0.395.